The van der Waals surface area contributed by atoms with Gasteiger partial charge in [-0.1, -0.05) is 25.1 Å². The number of carbonyl (C=O) groups excluding carboxylic acids is 2. The van der Waals surface area contributed by atoms with Crippen molar-refractivity contribution in [1.82, 2.24) is 4.90 Å². The van der Waals surface area contributed by atoms with E-state index >= 15 is 0 Å². The summed E-state index contributed by atoms with van der Waals surface area (Å²) < 4.78 is 11.7. The molecular weight excluding hydrogens is 342 g/mol. The standard InChI is InChI=1S/C22H27NO4/c1-3-11-23-12-10-21-15-6-4-5-7-17(15)27-18(21)14-8-9-22(21,20(23)25)16(13-14)19(24)26-2/h4-7,14,16,18H,3,8-13H2,1-2H3. The van der Waals surface area contributed by atoms with Crippen molar-refractivity contribution in [2.45, 2.75) is 50.5 Å². The Kier molecular flexibility index (Phi) is 3.62. The fourth-order valence-corrected chi connectivity index (χ4v) is 6.90. The van der Waals surface area contributed by atoms with Gasteiger partial charge in [0.05, 0.1) is 23.9 Å². The van der Waals surface area contributed by atoms with Crippen LogP contribution in [0, 0.1) is 17.3 Å². The second-order valence-corrected chi connectivity index (χ2v) is 8.63. The number of carbonyl (C=O) groups is 2. The monoisotopic (exact) mass is 369 g/mol. The first-order valence-corrected chi connectivity index (χ1v) is 10.2. The molecule has 5 aliphatic rings. The van der Waals surface area contributed by atoms with E-state index in [0.717, 1.165) is 50.1 Å². The van der Waals surface area contributed by atoms with Crippen molar-refractivity contribution in [1.29, 1.82) is 0 Å². The molecular formula is C22H27NO4. The Morgan fingerprint density at radius 1 is 1.30 bits per heavy atom. The van der Waals surface area contributed by atoms with Crippen molar-refractivity contribution in [3.8, 4) is 5.75 Å². The van der Waals surface area contributed by atoms with Gasteiger partial charge in [0, 0.05) is 18.7 Å². The highest BCUT2D eigenvalue weighted by atomic mass is 16.5. The molecule has 4 fully saturated rings. The highest BCUT2D eigenvalue weighted by Crippen LogP contribution is 2.71. The quantitative estimate of drug-likeness (QED) is 0.769. The molecule has 144 valence electrons. The van der Waals surface area contributed by atoms with E-state index in [4.69, 9.17) is 9.47 Å². The lowest BCUT2D eigenvalue weighted by Gasteiger charge is -2.65. The first-order valence-electron chi connectivity index (χ1n) is 10.2. The number of fused-ring (bicyclic) bond motifs is 3. The van der Waals surface area contributed by atoms with Crippen molar-refractivity contribution < 1.29 is 19.1 Å². The maximum Gasteiger partial charge on any atom is 0.309 e. The number of esters is 1. The number of piperidine rings is 1. The van der Waals surface area contributed by atoms with E-state index < -0.39 is 10.8 Å². The first-order chi connectivity index (χ1) is 13.1. The Morgan fingerprint density at radius 2 is 2.11 bits per heavy atom. The van der Waals surface area contributed by atoms with E-state index in [1.54, 1.807) is 0 Å². The number of ether oxygens (including phenoxy) is 2. The van der Waals surface area contributed by atoms with E-state index in [9.17, 15) is 9.59 Å². The number of hydrogen-bond donors (Lipinski definition) is 0. The van der Waals surface area contributed by atoms with E-state index in [1.807, 2.05) is 23.1 Å². The SMILES string of the molecule is CCCN1CCC23c4ccccc4OC2C2CCC3(C1=O)C(C(=O)OC)C2. The number of rotatable bonds is 3. The Balaban J connectivity index is 1.75. The molecule has 0 N–H and O–H groups in total. The number of nitrogens with zero attached hydrogens (tertiary/aromatic N) is 1. The van der Waals surface area contributed by atoms with E-state index in [1.165, 1.54) is 7.11 Å². The predicted octanol–water partition coefficient (Wildman–Crippen LogP) is 2.92. The molecule has 1 aromatic carbocycles. The molecule has 5 atom stereocenters. The lowest BCUT2D eigenvalue weighted by atomic mass is 9.39. The third-order valence-corrected chi connectivity index (χ3v) is 7.80. The largest absolute Gasteiger partial charge is 0.489 e. The Hall–Kier alpha value is -2.04. The Bertz CT molecular complexity index is 807. The van der Waals surface area contributed by atoms with Gasteiger partial charge in [-0.3, -0.25) is 9.59 Å². The molecule has 2 spiro atoms. The van der Waals surface area contributed by atoms with Gasteiger partial charge in [0.2, 0.25) is 5.91 Å². The van der Waals surface area contributed by atoms with Crippen LogP contribution in [0.4, 0.5) is 0 Å². The van der Waals surface area contributed by atoms with Gasteiger partial charge >= 0.3 is 5.97 Å². The van der Waals surface area contributed by atoms with Gasteiger partial charge in [-0.25, -0.2) is 0 Å². The summed E-state index contributed by atoms with van der Waals surface area (Å²) in [5, 5.41) is 0. The molecule has 5 unspecified atom stereocenters. The van der Waals surface area contributed by atoms with Crippen LogP contribution < -0.4 is 4.74 Å². The Labute approximate surface area is 160 Å². The number of para-hydroxylation sites is 1. The smallest absolute Gasteiger partial charge is 0.309 e. The number of methoxy groups -OCH3 is 1. The second kappa shape index (κ2) is 5.73. The van der Waals surface area contributed by atoms with Crippen LogP contribution in [0.1, 0.15) is 44.6 Å². The molecule has 0 radical (unpaired) electrons. The van der Waals surface area contributed by atoms with Crippen LogP contribution >= 0.6 is 0 Å². The summed E-state index contributed by atoms with van der Waals surface area (Å²) in [5.74, 6) is 0.748. The third kappa shape index (κ3) is 1.85. The van der Waals surface area contributed by atoms with Gasteiger partial charge in [0.1, 0.15) is 11.9 Å². The zero-order valence-corrected chi connectivity index (χ0v) is 16.1. The van der Waals surface area contributed by atoms with Gasteiger partial charge in [0.25, 0.3) is 0 Å². The third-order valence-electron chi connectivity index (χ3n) is 7.80. The summed E-state index contributed by atoms with van der Waals surface area (Å²) in [6.45, 7) is 3.59. The van der Waals surface area contributed by atoms with E-state index in [0.29, 0.717) is 12.3 Å². The first kappa shape index (κ1) is 17.1. The Morgan fingerprint density at radius 3 is 2.89 bits per heavy atom. The van der Waals surface area contributed by atoms with Crippen LogP contribution in [0.2, 0.25) is 0 Å². The fourth-order valence-electron chi connectivity index (χ4n) is 6.90. The van der Waals surface area contributed by atoms with E-state index in [-0.39, 0.29) is 23.9 Å². The minimum atomic E-state index is -0.737. The molecule has 3 aliphatic carbocycles. The summed E-state index contributed by atoms with van der Waals surface area (Å²) in [6.07, 6.45) is 4.18. The van der Waals surface area contributed by atoms with Crippen LogP contribution in [0.5, 0.6) is 5.75 Å². The molecule has 0 aromatic heterocycles. The van der Waals surface area contributed by atoms with Crippen molar-refractivity contribution in [2.75, 3.05) is 20.2 Å². The maximum absolute atomic E-state index is 14.0. The van der Waals surface area contributed by atoms with Gasteiger partial charge in [-0.2, -0.15) is 0 Å². The lowest BCUT2D eigenvalue weighted by molar-refractivity contribution is -0.204. The van der Waals surface area contributed by atoms with Crippen LogP contribution in [-0.4, -0.2) is 43.1 Å². The van der Waals surface area contributed by atoms with Crippen molar-refractivity contribution in [3.05, 3.63) is 29.8 Å². The molecule has 6 rings (SSSR count). The minimum Gasteiger partial charge on any atom is -0.489 e. The van der Waals surface area contributed by atoms with Crippen molar-refractivity contribution >= 4 is 11.9 Å². The van der Waals surface area contributed by atoms with Crippen LogP contribution in [0.15, 0.2) is 24.3 Å². The zero-order valence-electron chi connectivity index (χ0n) is 16.1. The molecule has 3 saturated carbocycles. The predicted molar refractivity (Wildman–Crippen MR) is 99.3 cm³/mol. The number of hydrogen-bond acceptors (Lipinski definition) is 4. The van der Waals surface area contributed by atoms with Gasteiger partial charge < -0.3 is 14.4 Å². The molecule has 1 amide bonds. The van der Waals surface area contributed by atoms with Gasteiger partial charge in [-0.05, 0) is 44.1 Å². The second-order valence-electron chi connectivity index (χ2n) is 8.63. The maximum atomic E-state index is 14.0. The number of likely N-dealkylation sites (tertiary alicyclic amines) is 1. The number of amides is 1. The van der Waals surface area contributed by atoms with Gasteiger partial charge in [0.15, 0.2) is 0 Å². The number of benzene rings is 1. The summed E-state index contributed by atoms with van der Waals surface area (Å²) >= 11 is 0. The molecule has 5 nitrogen and oxygen atoms in total. The summed E-state index contributed by atoms with van der Waals surface area (Å²) in [7, 11) is 1.45. The average molecular weight is 369 g/mol. The van der Waals surface area contributed by atoms with Crippen LogP contribution in [0.3, 0.4) is 0 Å². The average Bonchev–Trinajstić information content (AvgIpc) is 3.06. The molecule has 5 heteroatoms. The molecule has 1 saturated heterocycles. The van der Waals surface area contributed by atoms with E-state index in [2.05, 4.69) is 13.0 Å². The van der Waals surface area contributed by atoms with Crippen LogP contribution in [-0.2, 0) is 19.7 Å². The molecule has 2 heterocycles. The van der Waals surface area contributed by atoms with Crippen molar-refractivity contribution in [3.63, 3.8) is 0 Å². The van der Waals surface area contributed by atoms with Gasteiger partial charge in [-0.15, -0.1) is 0 Å². The fraction of sp³-hybridized carbons (Fsp3) is 0.636. The normalized spacial score (nSPS) is 38.7. The zero-order chi connectivity index (χ0) is 18.8. The molecule has 27 heavy (non-hydrogen) atoms. The summed E-state index contributed by atoms with van der Waals surface area (Å²) in [6, 6.07) is 8.17. The minimum absolute atomic E-state index is 0.00252. The highest BCUT2D eigenvalue weighted by Gasteiger charge is 2.77. The summed E-state index contributed by atoms with van der Waals surface area (Å²) in [5.41, 5.74) is 0.00240. The molecule has 2 aliphatic heterocycles. The molecule has 2 bridgehead atoms. The molecule has 1 aromatic rings. The lowest BCUT2D eigenvalue weighted by Crippen LogP contribution is -2.74. The topological polar surface area (TPSA) is 55.8 Å². The van der Waals surface area contributed by atoms with Crippen molar-refractivity contribution in [2.24, 2.45) is 17.3 Å². The van der Waals surface area contributed by atoms with Crippen LogP contribution in [0.25, 0.3) is 0 Å². The summed E-state index contributed by atoms with van der Waals surface area (Å²) in [4.78, 5) is 28.8. The highest BCUT2D eigenvalue weighted by molar-refractivity contribution is 5.93.